The molecule has 1 saturated heterocycles. The maximum atomic E-state index is 12.5. The van der Waals surface area contributed by atoms with Crippen LogP contribution in [0, 0.1) is 5.92 Å². The predicted molar refractivity (Wildman–Crippen MR) is 107 cm³/mol. The van der Waals surface area contributed by atoms with Crippen molar-refractivity contribution in [2.45, 2.75) is 25.8 Å². The summed E-state index contributed by atoms with van der Waals surface area (Å²) in [6.07, 6.45) is 1.01. The molecule has 0 radical (unpaired) electrons. The first-order chi connectivity index (χ1) is 13.5. The van der Waals surface area contributed by atoms with Gasteiger partial charge in [0.25, 0.3) is 0 Å². The Morgan fingerprint density at radius 1 is 1.11 bits per heavy atom. The van der Waals surface area contributed by atoms with Gasteiger partial charge in [-0.15, -0.1) is 0 Å². The van der Waals surface area contributed by atoms with Crippen molar-refractivity contribution in [1.29, 1.82) is 0 Å². The van der Waals surface area contributed by atoms with Crippen LogP contribution in [-0.4, -0.2) is 42.2 Å². The number of nitrogens with one attached hydrogen (secondary N) is 1. The van der Waals surface area contributed by atoms with Crippen molar-refractivity contribution < 1.29 is 19.4 Å². The zero-order valence-corrected chi connectivity index (χ0v) is 16.2. The largest absolute Gasteiger partial charge is 0.496 e. The van der Waals surface area contributed by atoms with E-state index in [-0.39, 0.29) is 18.0 Å². The van der Waals surface area contributed by atoms with Gasteiger partial charge in [-0.3, -0.25) is 4.79 Å². The second-order valence-electron chi connectivity index (χ2n) is 7.09. The van der Waals surface area contributed by atoms with E-state index < -0.39 is 5.97 Å². The van der Waals surface area contributed by atoms with Gasteiger partial charge >= 0.3 is 12.0 Å². The number of carbonyl (C=O) groups excluding carboxylic acids is 1. The highest BCUT2D eigenvalue weighted by molar-refractivity contribution is 5.76. The zero-order valence-electron chi connectivity index (χ0n) is 16.2. The average molecular weight is 382 g/mol. The van der Waals surface area contributed by atoms with Crippen molar-refractivity contribution in [1.82, 2.24) is 10.2 Å². The number of aliphatic carboxylic acids is 1. The maximum Gasteiger partial charge on any atom is 0.317 e. The van der Waals surface area contributed by atoms with E-state index in [9.17, 15) is 9.59 Å². The lowest BCUT2D eigenvalue weighted by Crippen LogP contribution is -2.46. The summed E-state index contributed by atoms with van der Waals surface area (Å²) in [7, 11) is 1.66. The topological polar surface area (TPSA) is 78.9 Å². The summed E-state index contributed by atoms with van der Waals surface area (Å²) in [4.78, 5) is 25.2. The third kappa shape index (κ3) is 4.44. The number of ether oxygens (including phenoxy) is 1. The van der Waals surface area contributed by atoms with Gasteiger partial charge in [0.15, 0.2) is 0 Å². The fourth-order valence-corrected chi connectivity index (χ4v) is 3.52. The van der Waals surface area contributed by atoms with E-state index in [0.717, 1.165) is 22.4 Å². The minimum atomic E-state index is -0.774. The van der Waals surface area contributed by atoms with Crippen LogP contribution >= 0.6 is 0 Å². The van der Waals surface area contributed by atoms with Crippen molar-refractivity contribution in [3.05, 3.63) is 54.1 Å². The van der Waals surface area contributed by atoms with Gasteiger partial charge in [0.1, 0.15) is 5.75 Å². The monoisotopic (exact) mass is 382 g/mol. The smallest absolute Gasteiger partial charge is 0.317 e. The van der Waals surface area contributed by atoms with Crippen LogP contribution in [0.2, 0.25) is 0 Å². The van der Waals surface area contributed by atoms with E-state index in [4.69, 9.17) is 9.84 Å². The molecule has 2 amide bonds. The van der Waals surface area contributed by atoms with E-state index in [2.05, 4.69) is 5.32 Å². The molecule has 1 aliphatic rings. The molecule has 0 spiro atoms. The molecule has 1 fully saturated rings. The van der Waals surface area contributed by atoms with Gasteiger partial charge in [-0.2, -0.15) is 0 Å². The molecule has 0 bridgehead atoms. The molecule has 0 saturated carbocycles. The van der Waals surface area contributed by atoms with E-state index in [1.54, 1.807) is 12.0 Å². The third-order valence-corrected chi connectivity index (χ3v) is 5.30. The minimum Gasteiger partial charge on any atom is -0.496 e. The molecule has 1 aliphatic heterocycles. The second kappa shape index (κ2) is 8.78. The van der Waals surface area contributed by atoms with Crippen molar-refractivity contribution in [3.8, 4) is 16.9 Å². The number of piperidine rings is 1. The van der Waals surface area contributed by atoms with Crippen molar-refractivity contribution in [3.63, 3.8) is 0 Å². The van der Waals surface area contributed by atoms with Crippen LogP contribution in [0.15, 0.2) is 48.5 Å². The van der Waals surface area contributed by atoms with Crippen molar-refractivity contribution in [2.24, 2.45) is 5.92 Å². The van der Waals surface area contributed by atoms with E-state index in [1.807, 2.05) is 55.5 Å². The molecule has 148 valence electrons. The molecule has 6 nitrogen and oxygen atoms in total. The number of likely N-dealkylation sites (tertiary alicyclic amines) is 1. The van der Waals surface area contributed by atoms with Gasteiger partial charge < -0.3 is 20.1 Å². The SMILES string of the molecule is COc1ccccc1-c1ccc(C(C)NC(=O)N2CCC(C(=O)O)CC2)cc1. The minimum absolute atomic E-state index is 0.142. The van der Waals surface area contributed by atoms with Crippen LogP contribution in [0.1, 0.15) is 31.4 Å². The predicted octanol–water partition coefficient (Wildman–Crippen LogP) is 3.93. The normalized spacial score (nSPS) is 15.7. The maximum absolute atomic E-state index is 12.5. The number of urea groups is 1. The van der Waals surface area contributed by atoms with E-state index in [0.29, 0.717) is 25.9 Å². The fourth-order valence-electron chi connectivity index (χ4n) is 3.52. The molecule has 3 rings (SSSR count). The van der Waals surface area contributed by atoms with Crippen LogP contribution in [0.3, 0.4) is 0 Å². The van der Waals surface area contributed by atoms with Gasteiger partial charge in [-0.05, 0) is 37.0 Å². The Labute approximate surface area is 165 Å². The van der Waals surface area contributed by atoms with Crippen LogP contribution in [0.5, 0.6) is 5.75 Å². The number of hydrogen-bond acceptors (Lipinski definition) is 3. The first-order valence-electron chi connectivity index (χ1n) is 9.51. The summed E-state index contributed by atoms with van der Waals surface area (Å²) < 4.78 is 5.42. The molecule has 6 heteroatoms. The Morgan fingerprint density at radius 2 is 1.75 bits per heavy atom. The Kier molecular flexibility index (Phi) is 6.19. The Morgan fingerprint density at radius 3 is 2.36 bits per heavy atom. The van der Waals surface area contributed by atoms with Crippen molar-refractivity contribution >= 4 is 12.0 Å². The summed E-state index contributed by atoms with van der Waals surface area (Å²) in [5.41, 5.74) is 3.08. The van der Waals surface area contributed by atoms with Crippen molar-refractivity contribution in [2.75, 3.05) is 20.2 Å². The highest BCUT2D eigenvalue weighted by Gasteiger charge is 2.27. The number of nitrogens with zero attached hydrogens (tertiary/aromatic N) is 1. The number of carboxylic acid groups (broad SMARTS) is 1. The number of benzene rings is 2. The van der Waals surface area contributed by atoms with Gasteiger partial charge in [-0.25, -0.2) is 4.79 Å². The number of carbonyl (C=O) groups is 2. The number of hydrogen-bond donors (Lipinski definition) is 2. The lowest BCUT2D eigenvalue weighted by molar-refractivity contribution is -0.143. The second-order valence-corrected chi connectivity index (χ2v) is 7.09. The van der Waals surface area contributed by atoms with E-state index in [1.165, 1.54) is 0 Å². The molecule has 1 atom stereocenters. The summed E-state index contributed by atoms with van der Waals surface area (Å²) in [5, 5.41) is 12.1. The lowest BCUT2D eigenvalue weighted by Gasteiger charge is -2.31. The molecule has 0 aromatic heterocycles. The van der Waals surface area contributed by atoms with Crippen LogP contribution < -0.4 is 10.1 Å². The number of amides is 2. The Hall–Kier alpha value is -3.02. The van der Waals surface area contributed by atoms with E-state index >= 15 is 0 Å². The van der Waals surface area contributed by atoms with Crippen LogP contribution in [0.25, 0.3) is 11.1 Å². The van der Waals surface area contributed by atoms with Gasteiger partial charge in [0, 0.05) is 18.7 Å². The number of rotatable bonds is 5. The summed E-state index contributed by atoms with van der Waals surface area (Å²) in [6, 6.07) is 15.6. The standard InChI is InChI=1S/C22H26N2O4/c1-15(23-22(27)24-13-11-18(12-14-24)21(25)26)16-7-9-17(10-8-16)19-5-3-4-6-20(19)28-2/h3-10,15,18H,11-14H2,1-2H3,(H,23,27)(H,25,26). The zero-order chi connectivity index (χ0) is 20.1. The Balaban J connectivity index is 1.61. The summed E-state index contributed by atoms with van der Waals surface area (Å²) in [5.74, 6) is -0.297. The number of carboxylic acids is 1. The quantitative estimate of drug-likeness (QED) is 0.821. The highest BCUT2D eigenvalue weighted by Crippen LogP contribution is 2.30. The fraction of sp³-hybridized carbons (Fsp3) is 0.364. The first-order valence-corrected chi connectivity index (χ1v) is 9.51. The molecular weight excluding hydrogens is 356 g/mol. The molecule has 28 heavy (non-hydrogen) atoms. The van der Waals surface area contributed by atoms with Gasteiger partial charge in [0.05, 0.1) is 19.1 Å². The molecule has 0 aliphatic carbocycles. The summed E-state index contributed by atoms with van der Waals surface area (Å²) in [6.45, 7) is 2.89. The van der Waals surface area contributed by atoms with Gasteiger partial charge in [0.2, 0.25) is 0 Å². The molecule has 2 aromatic rings. The molecular formula is C22H26N2O4. The molecule has 1 unspecified atom stereocenters. The number of para-hydroxylation sites is 1. The first kappa shape index (κ1) is 19.7. The third-order valence-electron chi connectivity index (χ3n) is 5.30. The average Bonchev–Trinajstić information content (AvgIpc) is 2.73. The number of methoxy groups -OCH3 is 1. The lowest BCUT2D eigenvalue weighted by atomic mass is 9.97. The van der Waals surface area contributed by atoms with Crippen LogP contribution in [-0.2, 0) is 4.79 Å². The molecule has 2 N–H and O–H groups in total. The molecule has 1 heterocycles. The van der Waals surface area contributed by atoms with Crippen LogP contribution in [0.4, 0.5) is 4.79 Å². The summed E-state index contributed by atoms with van der Waals surface area (Å²) >= 11 is 0. The molecule has 2 aromatic carbocycles. The Bertz CT molecular complexity index is 827. The highest BCUT2D eigenvalue weighted by atomic mass is 16.5. The van der Waals surface area contributed by atoms with Gasteiger partial charge in [-0.1, -0.05) is 42.5 Å².